The highest BCUT2D eigenvalue weighted by atomic mass is 32.1. The van der Waals surface area contributed by atoms with E-state index >= 15 is 0 Å². The Hall–Kier alpha value is -0.990. The summed E-state index contributed by atoms with van der Waals surface area (Å²) in [4.78, 5) is 7.20. The Morgan fingerprint density at radius 3 is 2.74 bits per heavy atom. The summed E-state index contributed by atoms with van der Waals surface area (Å²) in [6, 6.07) is 0. The maximum atomic E-state index is 11.8. The normalized spacial score (nSPS) is 11.1. The molecule has 0 bridgehead atoms. The van der Waals surface area contributed by atoms with Crippen LogP contribution in [0.1, 0.15) is 4.88 Å². The standard InChI is InChI=1S/C11H19F2N3O2S/c1-16(2)11-15-10(17-3)8(19-11)6-14-4-5-18-7-9(12)13/h9,14H,4-7H2,1-3H3. The topological polar surface area (TPSA) is 46.6 Å². The Labute approximate surface area is 115 Å². The molecule has 110 valence electrons. The van der Waals surface area contributed by atoms with Crippen molar-refractivity contribution < 1.29 is 18.3 Å². The predicted molar refractivity (Wildman–Crippen MR) is 71.5 cm³/mol. The Morgan fingerprint density at radius 1 is 1.42 bits per heavy atom. The number of hydrogen-bond acceptors (Lipinski definition) is 6. The van der Waals surface area contributed by atoms with Crippen LogP contribution in [0, 0.1) is 0 Å². The van der Waals surface area contributed by atoms with E-state index in [2.05, 4.69) is 10.3 Å². The molecule has 1 N–H and O–H groups in total. The molecule has 1 rings (SSSR count). The number of rotatable bonds is 9. The van der Waals surface area contributed by atoms with Crippen LogP contribution in [0.3, 0.4) is 0 Å². The lowest BCUT2D eigenvalue weighted by molar-refractivity contribution is 0.0187. The number of nitrogens with zero attached hydrogens (tertiary/aromatic N) is 2. The fourth-order valence-electron chi connectivity index (χ4n) is 1.31. The average Bonchev–Trinajstić information content (AvgIpc) is 2.76. The number of aromatic nitrogens is 1. The number of alkyl halides is 2. The summed E-state index contributed by atoms with van der Waals surface area (Å²) in [5, 5.41) is 3.97. The molecule has 1 aromatic heterocycles. The lowest BCUT2D eigenvalue weighted by atomic mass is 10.5. The highest BCUT2D eigenvalue weighted by Crippen LogP contribution is 2.29. The first-order valence-electron chi connectivity index (χ1n) is 5.82. The van der Waals surface area contributed by atoms with Crippen LogP contribution in [0.4, 0.5) is 13.9 Å². The zero-order valence-corrected chi connectivity index (χ0v) is 12.1. The molecule has 0 spiro atoms. The summed E-state index contributed by atoms with van der Waals surface area (Å²) in [5.41, 5.74) is 0. The number of anilines is 1. The van der Waals surface area contributed by atoms with Crippen molar-refractivity contribution in [1.82, 2.24) is 10.3 Å². The second-order valence-electron chi connectivity index (χ2n) is 3.97. The van der Waals surface area contributed by atoms with Gasteiger partial charge in [-0.1, -0.05) is 11.3 Å². The van der Waals surface area contributed by atoms with Gasteiger partial charge in [0.2, 0.25) is 5.88 Å². The van der Waals surface area contributed by atoms with Crippen LogP contribution in [0.25, 0.3) is 0 Å². The fraction of sp³-hybridized carbons (Fsp3) is 0.727. The molecule has 0 saturated heterocycles. The van der Waals surface area contributed by atoms with Crippen molar-refractivity contribution in [2.75, 3.05) is 45.9 Å². The zero-order chi connectivity index (χ0) is 14.3. The van der Waals surface area contributed by atoms with E-state index < -0.39 is 13.0 Å². The van der Waals surface area contributed by atoms with Gasteiger partial charge in [0.25, 0.3) is 6.43 Å². The minimum atomic E-state index is -2.41. The van der Waals surface area contributed by atoms with Gasteiger partial charge in [-0.15, -0.1) is 0 Å². The van der Waals surface area contributed by atoms with Crippen LogP contribution in [0.5, 0.6) is 5.88 Å². The monoisotopic (exact) mass is 295 g/mol. The largest absolute Gasteiger partial charge is 0.480 e. The molecule has 0 radical (unpaired) electrons. The molecule has 0 amide bonds. The van der Waals surface area contributed by atoms with Crippen LogP contribution < -0.4 is 15.0 Å². The summed E-state index contributed by atoms with van der Waals surface area (Å²) < 4.78 is 33.6. The van der Waals surface area contributed by atoms with E-state index in [9.17, 15) is 8.78 Å². The van der Waals surface area contributed by atoms with Crippen molar-refractivity contribution in [3.8, 4) is 5.88 Å². The van der Waals surface area contributed by atoms with Crippen LogP contribution in [0.2, 0.25) is 0 Å². The molecular formula is C11H19F2N3O2S. The van der Waals surface area contributed by atoms with Gasteiger partial charge in [-0.2, -0.15) is 4.98 Å². The van der Waals surface area contributed by atoms with Gasteiger partial charge >= 0.3 is 0 Å². The van der Waals surface area contributed by atoms with Gasteiger partial charge in [0.15, 0.2) is 5.13 Å². The molecule has 0 aliphatic carbocycles. The molecule has 1 aromatic rings. The Morgan fingerprint density at radius 2 is 2.16 bits per heavy atom. The summed E-state index contributed by atoms with van der Waals surface area (Å²) in [6.07, 6.45) is -2.41. The molecule has 0 unspecified atom stereocenters. The van der Waals surface area contributed by atoms with Crippen LogP contribution >= 0.6 is 11.3 Å². The first-order valence-corrected chi connectivity index (χ1v) is 6.64. The van der Waals surface area contributed by atoms with Gasteiger partial charge in [0.1, 0.15) is 6.61 Å². The van der Waals surface area contributed by atoms with Crippen molar-refractivity contribution in [2.45, 2.75) is 13.0 Å². The second-order valence-corrected chi connectivity index (χ2v) is 5.03. The minimum Gasteiger partial charge on any atom is -0.480 e. The second kappa shape index (κ2) is 8.23. The van der Waals surface area contributed by atoms with E-state index in [-0.39, 0.29) is 6.61 Å². The third-order valence-electron chi connectivity index (χ3n) is 2.18. The van der Waals surface area contributed by atoms with Crippen LogP contribution in [0.15, 0.2) is 0 Å². The Kier molecular flexibility index (Phi) is 6.96. The van der Waals surface area contributed by atoms with Crippen molar-refractivity contribution in [2.24, 2.45) is 0 Å². The van der Waals surface area contributed by atoms with Crippen LogP contribution in [-0.2, 0) is 11.3 Å². The number of methoxy groups -OCH3 is 1. The van der Waals surface area contributed by atoms with Gasteiger partial charge in [-0.25, -0.2) is 8.78 Å². The van der Waals surface area contributed by atoms with Crippen molar-refractivity contribution >= 4 is 16.5 Å². The highest BCUT2D eigenvalue weighted by molar-refractivity contribution is 7.15. The number of ether oxygens (including phenoxy) is 2. The zero-order valence-electron chi connectivity index (χ0n) is 11.3. The van der Waals surface area contributed by atoms with E-state index in [0.717, 1.165) is 10.0 Å². The first kappa shape index (κ1) is 16.1. The number of halogens is 2. The summed E-state index contributed by atoms with van der Waals surface area (Å²) in [5.74, 6) is 0.592. The summed E-state index contributed by atoms with van der Waals surface area (Å²) >= 11 is 1.53. The average molecular weight is 295 g/mol. The molecule has 0 saturated carbocycles. The first-order chi connectivity index (χ1) is 9.04. The molecule has 0 aromatic carbocycles. The summed E-state index contributed by atoms with van der Waals surface area (Å²) in [7, 11) is 5.39. The summed E-state index contributed by atoms with van der Waals surface area (Å²) in [6.45, 7) is 0.820. The van der Waals surface area contributed by atoms with E-state index in [1.165, 1.54) is 11.3 Å². The van der Waals surface area contributed by atoms with Gasteiger partial charge < -0.3 is 19.7 Å². The quantitative estimate of drug-likeness (QED) is 0.701. The van der Waals surface area contributed by atoms with Crippen LogP contribution in [-0.4, -0.2) is 52.4 Å². The molecule has 8 heteroatoms. The lowest BCUT2D eigenvalue weighted by Gasteiger charge is -2.05. The molecule has 0 fully saturated rings. The highest BCUT2D eigenvalue weighted by Gasteiger charge is 2.12. The third-order valence-corrected chi connectivity index (χ3v) is 3.38. The van der Waals surface area contributed by atoms with E-state index in [1.807, 2.05) is 19.0 Å². The molecule has 0 aliphatic heterocycles. The van der Waals surface area contributed by atoms with Crippen molar-refractivity contribution in [3.63, 3.8) is 0 Å². The molecule has 0 atom stereocenters. The molecule has 5 nitrogen and oxygen atoms in total. The van der Waals surface area contributed by atoms with Crippen molar-refractivity contribution in [1.29, 1.82) is 0 Å². The molecule has 19 heavy (non-hydrogen) atoms. The maximum Gasteiger partial charge on any atom is 0.261 e. The minimum absolute atomic E-state index is 0.256. The predicted octanol–water partition coefficient (Wildman–Crippen LogP) is 1.59. The molecular weight excluding hydrogens is 276 g/mol. The van der Waals surface area contributed by atoms with Crippen molar-refractivity contribution in [3.05, 3.63) is 4.88 Å². The Balaban J connectivity index is 2.32. The third kappa shape index (κ3) is 5.66. The maximum absolute atomic E-state index is 11.8. The Bertz CT molecular complexity index is 375. The molecule has 1 heterocycles. The fourth-order valence-corrected chi connectivity index (χ4v) is 2.23. The van der Waals surface area contributed by atoms with Gasteiger partial charge in [-0.3, -0.25) is 0 Å². The number of thiazole rings is 1. The van der Waals surface area contributed by atoms with Gasteiger partial charge in [0, 0.05) is 27.2 Å². The van der Waals surface area contributed by atoms with Gasteiger partial charge in [0.05, 0.1) is 18.6 Å². The lowest BCUT2D eigenvalue weighted by Crippen LogP contribution is -2.20. The van der Waals surface area contributed by atoms with Gasteiger partial charge in [-0.05, 0) is 0 Å². The van der Waals surface area contributed by atoms with E-state index in [0.29, 0.717) is 19.0 Å². The number of nitrogens with one attached hydrogen (secondary N) is 1. The van der Waals surface area contributed by atoms with E-state index in [4.69, 9.17) is 9.47 Å². The number of hydrogen-bond donors (Lipinski definition) is 1. The molecule has 0 aliphatic rings. The smallest absolute Gasteiger partial charge is 0.261 e. The SMILES string of the molecule is COc1nc(N(C)C)sc1CNCCOCC(F)F. The van der Waals surface area contributed by atoms with E-state index in [1.54, 1.807) is 7.11 Å².